The summed E-state index contributed by atoms with van der Waals surface area (Å²) in [5.74, 6) is 0.261. The average Bonchev–Trinajstić information content (AvgIpc) is 2.83. The summed E-state index contributed by atoms with van der Waals surface area (Å²) in [6.07, 6.45) is 0.572. The van der Waals surface area contributed by atoms with Gasteiger partial charge < -0.3 is 14.8 Å². The standard InChI is InChI=1S/C24H25FN2O5S/c1-31-21-9-3-18(4-10-21)15-16-26-24(28)17-27(20-7-11-22(32-2)12-8-20)33(29,30)23-13-5-19(25)6-14-23/h3-14H,15-17H2,1-2H3,(H,26,28). The number of anilines is 1. The number of rotatable bonds is 10. The van der Waals surface area contributed by atoms with Crippen molar-refractivity contribution < 1.29 is 27.1 Å². The summed E-state index contributed by atoms with van der Waals surface area (Å²) >= 11 is 0. The minimum atomic E-state index is -4.12. The lowest BCUT2D eigenvalue weighted by Crippen LogP contribution is -2.41. The fourth-order valence-electron chi connectivity index (χ4n) is 3.12. The summed E-state index contributed by atoms with van der Waals surface area (Å²) in [7, 11) is -1.03. The first-order valence-electron chi connectivity index (χ1n) is 10.2. The zero-order valence-corrected chi connectivity index (χ0v) is 19.1. The van der Waals surface area contributed by atoms with Gasteiger partial charge in [-0.3, -0.25) is 9.10 Å². The van der Waals surface area contributed by atoms with Crippen LogP contribution in [-0.4, -0.2) is 41.6 Å². The van der Waals surface area contributed by atoms with E-state index in [2.05, 4.69) is 5.32 Å². The number of nitrogens with one attached hydrogen (secondary N) is 1. The second-order valence-electron chi connectivity index (χ2n) is 7.11. The van der Waals surface area contributed by atoms with Gasteiger partial charge in [0.05, 0.1) is 24.8 Å². The van der Waals surface area contributed by atoms with Crippen molar-refractivity contribution in [2.24, 2.45) is 0 Å². The molecule has 3 aromatic carbocycles. The minimum absolute atomic E-state index is 0.120. The third kappa shape index (κ3) is 6.23. The molecule has 0 spiro atoms. The van der Waals surface area contributed by atoms with E-state index >= 15 is 0 Å². The molecule has 0 unspecified atom stereocenters. The number of carbonyl (C=O) groups is 1. The van der Waals surface area contributed by atoms with E-state index in [0.717, 1.165) is 27.8 Å². The van der Waals surface area contributed by atoms with Gasteiger partial charge in [-0.25, -0.2) is 12.8 Å². The third-order valence-corrected chi connectivity index (χ3v) is 6.73. The van der Waals surface area contributed by atoms with E-state index in [9.17, 15) is 17.6 Å². The molecule has 0 aliphatic carbocycles. The monoisotopic (exact) mass is 472 g/mol. The Morgan fingerprint density at radius 1 is 0.879 bits per heavy atom. The van der Waals surface area contributed by atoms with E-state index in [1.54, 1.807) is 31.4 Å². The molecule has 1 N–H and O–H groups in total. The summed E-state index contributed by atoms with van der Waals surface area (Å²) in [4.78, 5) is 12.5. The fraction of sp³-hybridized carbons (Fsp3) is 0.208. The number of ether oxygens (including phenoxy) is 2. The Bertz CT molecular complexity index is 1160. The van der Waals surface area contributed by atoms with Crippen molar-refractivity contribution in [2.45, 2.75) is 11.3 Å². The molecule has 0 bridgehead atoms. The van der Waals surface area contributed by atoms with Crippen molar-refractivity contribution in [3.63, 3.8) is 0 Å². The number of carbonyl (C=O) groups excluding carboxylic acids is 1. The Kier molecular flexibility index (Phi) is 7.89. The maximum absolute atomic E-state index is 13.3. The van der Waals surface area contributed by atoms with Crippen molar-refractivity contribution >= 4 is 21.6 Å². The average molecular weight is 473 g/mol. The molecule has 1 amide bonds. The van der Waals surface area contributed by atoms with Gasteiger partial charge in [-0.1, -0.05) is 12.1 Å². The number of halogens is 1. The smallest absolute Gasteiger partial charge is 0.264 e. The summed E-state index contributed by atoms with van der Waals surface area (Å²) in [5.41, 5.74) is 1.28. The first kappa shape index (κ1) is 24.1. The highest BCUT2D eigenvalue weighted by Crippen LogP contribution is 2.26. The Balaban J connectivity index is 1.75. The van der Waals surface area contributed by atoms with E-state index in [4.69, 9.17) is 9.47 Å². The Hall–Kier alpha value is -3.59. The van der Waals surface area contributed by atoms with Crippen LogP contribution in [0.3, 0.4) is 0 Å². The van der Waals surface area contributed by atoms with Crippen LogP contribution in [0.25, 0.3) is 0 Å². The first-order chi connectivity index (χ1) is 15.8. The van der Waals surface area contributed by atoms with E-state index < -0.39 is 28.3 Å². The van der Waals surface area contributed by atoms with Gasteiger partial charge in [0.2, 0.25) is 5.91 Å². The molecule has 3 rings (SSSR count). The van der Waals surface area contributed by atoms with E-state index in [1.807, 2.05) is 24.3 Å². The van der Waals surface area contributed by atoms with Gasteiger partial charge in [0.15, 0.2) is 0 Å². The van der Waals surface area contributed by atoms with Crippen LogP contribution < -0.4 is 19.1 Å². The molecule has 0 aliphatic rings. The highest BCUT2D eigenvalue weighted by atomic mass is 32.2. The molecular weight excluding hydrogens is 447 g/mol. The normalized spacial score (nSPS) is 11.0. The predicted molar refractivity (Wildman–Crippen MR) is 124 cm³/mol. The van der Waals surface area contributed by atoms with Gasteiger partial charge in [-0.2, -0.15) is 0 Å². The Morgan fingerprint density at radius 2 is 1.42 bits per heavy atom. The number of amides is 1. The van der Waals surface area contributed by atoms with Crippen LogP contribution in [0.1, 0.15) is 5.56 Å². The molecule has 0 saturated heterocycles. The molecule has 0 aromatic heterocycles. The van der Waals surface area contributed by atoms with Crippen molar-refractivity contribution in [1.82, 2.24) is 5.32 Å². The number of methoxy groups -OCH3 is 2. The zero-order chi connectivity index (χ0) is 23.8. The van der Waals surface area contributed by atoms with Crippen molar-refractivity contribution in [1.29, 1.82) is 0 Å². The molecule has 33 heavy (non-hydrogen) atoms. The van der Waals surface area contributed by atoms with Crippen LogP contribution in [0, 0.1) is 5.82 Å². The second-order valence-corrected chi connectivity index (χ2v) is 8.97. The number of benzene rings is 3. The molecule has 7 nitrogen and oxygen atoms in total. The van der Waals surface area contributed by atoms with Crippen molar-refractivity contribution in [2.75, 3.05) is 31.6 Å². The number of nitrogens with zero attached hydrogens (tertiary/aromatic N) is 1. The van der Waals surface area contributed by atoms with E-state index in [-0.39, 0.29) is 10.6 Å². The molecule has 174 valence electrons. The second kappa shape index (κ2) is 10.8. The van der Waals surface area contributed by atoms with Gasteiger partial charge >= 0.3 is 0 Å². The number of sulfonamides is 1. The van der Waals surface area contributed by atoms with Gasteiger partial charge in [0.1, 0.15) is 23.9 Å². The summed E-state index contributed by atoms with van der Waals surface area (Å²) in [5, 5.41) is 2.75. The molecule has 0 radical (unpaired) electrons. The lowest BCUT2D eigenvalue weighted by Gasteiger charge is -2.24. The third-order valence-electron chi connectivity index (χ3n) is 4.94. The van der Waals surface area contributed by atoms with E-state index in [0.29, 0.717) is 18.7 Å². The molecule has 0 fully saturated rings. The molecule has 0 atom stereocenters. The molecular formula is C24H25FN2O5S. The van der Waals surface area contributed by atoms with Gasteiger partial charge in [-0.05, 0) is 72.6 Å². The zero-order valence-electron chi connectivity index (χ0n) is 18.3. The topological polar surface area (TPSA) is 84.9 Å². The summed E-state index contributed by atoms with van der Waals surface area (Å²) < 4.78 is 51.1. The van der Waals surface area contributed by atoms with Crippen LogP contribution in [-0.2, 0) is 21.2 Å². The van der Waals surface area contributed by atoms with Crippen LogP contribution >= 0.6 is 0 Å². The highest BCUT2D eigenvalue weighted by Gasteiger charge is 2.27. The highest BCUT2D eigenvalue weighted by molar-refractivity contribution is 7.92. The van der Waals surface area contributed by atoms with Crippen LogP contribution in [0.15, 0.2) is 77.7 Å². The predicted octanol–water partition coefficient (Wildman–Crippen LogP) is 3.40. The Labute approximate surface area is 192 Å². The Morgan fingerprint density at radius 3 is 1.97 bits per heavy atom. The molecule has 9 heteroatoms. The van der Waals surface area contributed by atoms with Crippen molar-refractivity contribution in [3.8, 4) is 11.5 Å². The minimum Gasteiger partial charge on any atom is -0.497 e. The first-order valence-corrected chi connectivity index (χ1v) is 11.6. The van der Waals surface area contributed by atoms with Gasteiger partial charge in [0, 0.05) is 6.54 Å². The quantitative estimate of drug-likeness (QED) is 0.489. The van der Waals surface area contributed by atoms with Gasteiger partial charge in [-0.15, -0.1) is 0 Å². The van der Waals surface area contributed by atoms with Gasteiger partial charge in [0.25, 0.3) is 10.0 Å². The van der Waals surface area contributed by atoms with E-state index in [1.165, 1.54) is 19.2 Å². The molecule has 0 saturated carbocycles. The molecule has 0 heterocycles. The summed E-state index contributed by atoms with van der Waals surface area (Å²) in [6, 6.07) is 18.2. The lowest BCUT2D eigenvalue weighted by atomic mass is 10.1. The SMILES string of the molecule is COc1ccc(CCNC(=O)CN(c2ccc(OC)cc2)S(=O)(=O)c2ccc(F)cc2)cc1. The molecule has 0 aliphatic heterocycles. The van der Waals surface area contributed by atoms with Crippen LogP contribution in [0.5, 0.6) is 11.5 Å². The maximum Gasteiger partial charge on any atom is 0.264 e. The lowest BCUT2D eigenvalue weighted by molar-refractivity contribution is -0.119. The fourth-order valence-corrected chi connectivity index (χ4v) is 4.54. The van der Waals surface area contributed by atoms with Crippen LogP contribution in [0.4, 0.5) is 10.1 Å². The largest absolute Gasteiger partial charge is 0.497 e. The summed E-state index contributed by atoms with van der Waals surface area (Å²) in [6.45, 7) is -0.104. The van der Waals surface area contributed by atoms with Crippen LogP contribution in [0.2, 0.25) is 0 Å². The van der Waals surface area contributed by atoms with Crippen molar-refractivity contribution in [3.05, 3.63) is 84.2 Å². The maximum atomic E-state index is 13.3. The number of hydrogen-bond donors (Lipinski definition) is 1. The number of hydrogen-bond acceptors (Lipinski definition) is 5. The molecule has 3 aromatic rings.